The van der Waals surface area contributed by atoms with E-state index in [1.165, 1.54) is 0 Å². The number of ether oxygens (including phenoxy) is 8. The molecule has 2 saturated heterocycles. The Morgan fingerprint density at radius 1 is 0.673 bits per heavy atom. The fourth-order valence-electron chi connectivity index (χ4n) is 6.72. The van der Waals surface area contributed by atoms with Gasteiger partial charge in [-0.2, -0.15) is 0 Å². The highest BCUT2D eigenvalue weighted by Crippen LogP contribution is 2.36. The molecule has 0 bridgehead atoms. The van der Waals surface area contributed by atoms with Crippen molar-refractivity contribution in [2.45, 2.75) is 177 Å². The van der Waals surface area contributed by atoms with Crippen molar-refractivity contribution < 1.29 is 47.5 Å². The summed E-state index contributed by atoms with van der Waals surface area (Å²) in [5.41, 5.74) is 5.78. The molecule has 2 heterocycles. The van der Waals surface area contributed by atoms with E-state index in [4.69, 9.17) is 43.6 Å². The molecule has 8 unspecified atom stereocenters. The van der Waals surface area contributed by atoms with Crippen molar-refractivity contribution in [1.29, 1.82) is 0 Å². The van der Waals surface area contributed by atoms with Gasteiger partial charge in [0.15, 0.2) is 18.4 Å². The minimum Gasteiger partial charge on any atom is -0.379 e. The summed E-state index contributed by atoms with van der Waals surface area (Å²) in [5.74, 6) is -0.560. The second kappa shape index (κ2) is 23.0. The molecule has 0 aromatic rings. The third-order valence-corrected chi connectivity index (χ3v) is 10.5. The van der Waals surface area contributed by atoms with Gasteiger partial charge in [-0.3, -0.25) is 9.59 Å². The first-order chi connectivity index (χ1) is 24.5. The van der Waals surface area contributed by atoms with Crippen molar-refractivity contribution in [3.63, 3.8) is 0 Å². The van der Waals surface area contributed by atoms with Gasteiger partial charge in [-0.05, 0) is 51.4 Å². The predicted octanol–water partition coefficient (Wildman–Crippen LogP) is 5.66. The minimum absolute atomic E-state index is 0.0336. The number of hydrogen-bond acceptors (Lipinski definition) is 11. The maximum absolute atomic E-state index is 13.9. The third kappa shape index (κ3) is 13.5. The molecular formula is C40H76N2O10. The summed E-state index contributed by atoms with van der Waals surface area (Å²) in [6.45, 7) is 29.0. The third-order valence-electron chi connectivity index (χ3n) is 10.5. The molecule has 12 nitrogen and oxygen atoms in total. The molecule has 0 aliphatic carbocycles. The molecule has 14 atom stereocenters. The molecule has 52 heavy (non-hydrogen) atoms. The molecule has 3 N–H and O–H groups in total. The Balaban J connectivity index is 2.20. The molecule has 0 radical (unpaired) electrons. The van der Waals surface area contributed by atoms with E-state index in [9.17, 15) is 9.59 Å². The molecule has 0 aromatic heterocycles. The van der Waals surface area contributed by atoms with E-state index >= 15 is 0 Å². The lowest BCUT2D eigenvalue weighted by molar-refractivity contribution is -0.290. The molecule has 12 heteroatoms. The molecule has 306 valence electrons. The second-order valence-electron chi connectivity index (χ2n) is 16.2. The van der Waals surface area contributed by atoms with E-state index in [1.807, 2.05) is 20.8 Å². The lowest BCUT2D eigenvalue weighted by Gasteiger charge is -2.45. The van der Waals surface area contributed by atoms with Gasteiger partial charge >= 0.3 is 0 Å². The fourth-order valence-corrected chi connectivity index (χ4v) is 6.72. The van der Waals surface area contributed by atoms with Gasteiger partial charge in [-0.15, -0.1) is 0 Å². The normalized spacial score (nSPS) is 32.2. The Kier molecular flexibility index (Phi) is 20.7. The van der Waals surface area contributed by atoms with Crippen molar-refractivity contribution in [2.24, 2.45) is 34.8 Å². The van der Waals surface area contributed by atoms with Crippen LogP contribution in [0.1, 0.15) is 116 Å². The van der Waals surface area contributed by atoms with Gasteiger partial charge < -0.3 is 48.9 Å². The van der Waals surface area contributed by atoms with Crippen LogP contribution in [-0.4, -0.2) is 113 Å². The van der Waals surface area contributed by atoms with Crippen LogP contribution >= 0.6 is 0 Å². The average Bonchev–Trinajstić information content (AvgIpc) is 3.10. The molecule has 0 aromatic carbocycles. The zero-order valence-electron chi connectivity index (χ0n) is 34.8. The summed E-state index contributed by atoms with van der Waals surface area (Å²) in [6, 6.07) is -2.07. The molecule has 2 fully saturated rings. The molecule has 0 saturated carbocycles. The first kappa shape index (κ1) is 46.9. The van der Waals surface area contributed by atoms with Crippen LogP contribution in [0.15, 0.2) is 0 Å². The number of ketones is 1. The van der Waals surface area contributed by atoms with E-state index in [-0.39, 0.29) is 53.9 Å². The summed E-state index contributed by atoms with van der Waals surface area (Å²) in [4.78, 5) is 27.7. The number of carbonyl (C=O) groups excluding carboxylic acids is 2. The van der Waals surface area contributed by atoms with E-state index in [0.29, 0.717) is 39.6 Å². The smallest absolute Gasteiger partial charge is 0.240 e. The fraction of sp³-hybridized carbons (Fsp3) is 0.950. The summed E-state index contributed by atoms with van der Waals surface area (Å²) in [5, 5.41) is 2.94. The zero-order chi connectivity index (χ0) is 39.2. The Labute approximate surface area is 315 Å². The Hall–Kier alpha value is -1.22. The molecule has 2 aliphatic rings. The standard InChI is InChI=1S/C40H76N2O10/c1-14-18-45-22-30-34(47-20-16-3)24(5)26(7)38(51-30)49-28(9)32(41)37(44)42-33(36(43)40(11,12)13)29(10)50-39-27(8)25(6)35(48-21-17-4)31(52-39)23-46-19-15-2/h24-35,38-39H,14-23,41H2,1-13H3,(H,42,44)/t24-,25-,26+,27+,28?,29?,30?,31?,32?,33?,34-,35-,38?,39?/m1/s1. The van der Waals surface area contributed by atoms with Gasteiger partial charge in [0.2, 0.25) is 5.91 Å². The molecule has 1 amide bonds. The van der Waals surface area contributed by atoms with Gasteiger partial charge in [-0.25, -0.2) is 0 Å². The lowest BCUT2D eigenvalue weighted by Crippen LogP contribution is -2.60. The highest BCUT2D eigenvalue weighted by Gasteiger charge is 2.47. The van der Waals surface area contributed by atoms with Crippen molar-refractivity contribution >= 4 is 11.7 Å². The summed E-state index contributed by atoms with van der Waals surface area (Å²) in [7, 11) is 0. The topological polar surface area (TPSA) is 146 Å². The number of amides is 1. The van der Waals surface area contributed by atoms with Crippen LogP contribution in [0.5, 0.6) is 0 Å². The van der Waals surface area contributed by atoms with Crippen molar-refractivity contribution in [1.82, 2.24) is 5.32 Å². The van der Waals surface area contributed by atoms with Crippen LogP contribution in [0, 0.1) is 29.1 Å². The van der Waals surface area contributed by atoms with Crippen LogP contribution in [0.25, 0.3) is 0 Å². The number of rotatable bonds is 23. The van der Waals surface area contributed by atoms with Crippen molar-refractivity contribution in [3.8, 4) is 0 Å². The summed E-state index contributed by atoms with van der Waals surface area (Å²) in [6.07, 6.45) is -0.0742. The molecule has 2 rings (SSSR count). The van der Waals surface area contributed by atoms with E-state index in [1.54, 1.807) is 13.8 Å². The van der Waals surface area contributed by atoms with Gasteiger partial charge in [0, 0.05) is 43.7 Å². The van der Waals surface area contributed by atoms with Crippen LogP contribution in [-0.2, 0) is 47.5 Å². The monoisotopic (exact) mass is 745 g/mol. The van der Waals surface area contributed by atoms with Crippen LogP contribution in [0.4, 0.5) is 0 Å². The van der Waals surface area contributed by atoms with Gasteiger partial charge in [0.05, 0.1) is 37.6 Å². The summed E-state index contributed by atoms with van der Waals surface area (Å²) >= 11 is 0. The van der Waals surface area contributed by atoms with Gasteiger partial charge in [-0.1, -0.05) is 76.2 Å². The van der Waals surface area contributed by atoms with E-state index in [2.05, 4.69) is 60.7 Å². The van der Waals surface area contributed by atoms with Gasteiger partial charge in [0.25, 0.3) is 0 Å². The largest absolute Gasteiger partial charge is 0.379 e. The minimum atomic E-state index is -1.08. The number of carbonyl (C=O) groups is 2. The number of Topliss-reactive ketones (excluding diaryl/α,β-unsaturated/α-hetero) is 1. The quantitative estimate of drug-likeness (QED) is 0.125. The van der Waals surface area contributed by atoms with Gasteiger partial charge in [0.1, 0.15) is 24.3 Å². The van der Waals surface area contributed by atoms with Crippen molar-refractivity contribution in [3.05, 3.63) is 0 Å². The molecule has 2 aliphatic heterocycles. The highest BCUT2D eigenvalue weighted by molar-refractivity contribution is 5.94. The van der Waals surface area contributed by atoms with Crippen LogP contribution in [0.3, 0.4) is 0 Å². The zero-order valence-corrected chi connectivity index (χ0v) is 34.8. The molecular weight excluding hydrogens is 668 g/mol. The maximum atomic E-state index is 13.9. The Bertz CT molecular complexity index is 1030. The first-order valence-electron chi connectivity index (χ1n) is 20.1. The SMILES string of the molecule is CCCOCC1OC(OC(C)C(N)C(=O)NC(C(=O)C(C)(C)C)C(C)OC2OC(COCCC)[C@H](OCCC)[C@H](C)[C@@H]2C)[C@@H](C)[C@@H](C)[C@H]1OCCC. The maximum Gasteiger partial charge on any atom is 0.240 e. The van der Waals surface area contributed by atoms with Crippen LogP contribution in [0.2, 0.25) is 0 Å². The van der Waals surface area contributed by atoms with E-state index < -0.39 is 48.2 Å². The predicted molar refractivity (Wildman–Crippen MR) is 202 cm³/mol. The Morgan fingerprint density at radius 2 is 1.08 bits per heavy atom. The number of nitrogens with two attached hydrogens (primary N) is 1. The van der Waals surface area contributed by atoms with Crippen LogP contribution < -0.4 is 11.1 Å². The highest BCUT2D eigenvalue weighted by atomic mass is 16.7. The average molecular weight is 745 g/mol. The second-order valence-corrected chi connectivity index (χ2v) is 16.2. The first-order valence-corrected chi connectivity index (χ1v) is 20.1. The van der Waals surface area contributed by atoms with Crippen molar-refractivity contribution in [2.75, 3.05) is 39.6 Å². The summed E-state index contributed by atoms with van der Waals surface area (Å²) < 4.78 is 50.1. The van der Waals surface area contributed by atoms with E-state index in [0.717, 1.165) is 25.7 Å². The number of hydrogen-bond donors (Lipinski definition) is 2. The molecule has 0 spiro atoms. The lowest BCUT2D eigenvalue weighted by atomic mass is 9.83. The Morgan fingerprint density at radius 3 is 1.46 bits per heavy atom. The number of nitrogens with one attached hydrogen (secondary N) is 1.